The topological polar surface area (TPSA) is 34.1 Å². The molecule has 2 rings (SSSR count). The first kappa shape index (κ1) is 13.8. The molecule has 1 aromatic carbocycles. The van der Waals surface area contributed by atoms with Gasteiger partial charge in [-0.2, -0.15) is 0 Å². The van der Waals surface area contributed by atoms with Crippen molar-refractivity contribution in [2.24, 2.45) is 0 Å². The minimum absolute atomic E-state index is 0.332. The van der Waals surface area contributed by atoms with Crippen LogP contribution in [-0.2, 0) is 0 Å². The molecule has 0 amide bonds. The third-order valence-corrected chi connectivity index (χ3v) is 3.24. The number of rotatable bonds is 4. The summed E-state index contributed by atoms with van der Waals surface area (Å²) in [6.07, 6.45) is 3.18. The fourth-order valence-electron chi connectivity index (χ4n) is 1.97. The Balaban J connectivity index is 2.46. The van der Waals surface area contributed by atoms with Crippen LogP contribution >= 0.6 is 11.6 Å². The molecule has 1 unspecified atom stereocenters. The van der Waals surface area contributed by atoms with Crippen LogP contribution in [0.3, 0.4) is 0 Å². The molecular formula is C14H14ClFN2O. The zero-order valence-electron chi connectivity index (χ0n) is 10.7. The van der Waals surface area contributed by atoms with Crippen LogP contribution in [0.5, 0.6) is 5.75 Å². The Bertz CT molecular complexity index is 577. The summed E-state index contributed by atoms with van der Waals surface area (Å²) in [6.45, 7) is 0. The molecule has 1 atom stereocenters. The Morgan fingerprint density at radius 3 is 2.68 bits per heavy atom. The van der Waals surface area contributed by atoms with Gasteiger partial charge >= 0.3 is 0 Å². The van der Waals surface area contributed by atoms with Gasteiger partial charge in [-0.05, 0) is 24.7 Å². The van der Waals surface area contributed by atoms with E-state index in [4.69, 9.17) is 16.3 Å². The third kappa shape index (κ3) is 2.85. The summed E-state index contributed by atoms with van der Waals surface area (Å²) >= 11 is 6.11. The quantitative estimate of drug-likeness (QED) is 0.934. The van der Waals surface area contributed by atoms with Gasteiger partial charge in [-0.1, -0.05) is 17.7 Å². The van der Waals surface area contributed by atoms with Gasteiger partial charge in [-0.3, -0.25) is 4.98 Å². The van der Waals surface area contributed by atoms with Gasteiger partial charge < -0.3 is 10.1 Å². The van der Waals surface area contributed by atoms with Gasteiger partial charge in [-0.25, -0.2) is 4.39 Å². The van der Waals surface area contributed by atoms with Crippen molar-refractivity contribution in [1.82, 2.24) is 10.3 Å². The maximum Gasteiger partial charge on any atom is 0.132 e. The van der Waals surface area contributed by atoms with E-state index in [9.17, 15) is 4.39 Å². The summed E-state index contributed by atoms with van der Waals surface area (Å²) < 4.78 is 19.1. The van der Waals surface area contributed by atoms with Crippen LogP contribution in [0.1, 0.15) is 17.2 Å². The minimum Gasteiger partial charge on any atom is -0.497 e. The van der Waals surface area contributed by atoms with Crippen LogP contribution in [0.25, 0.3) is 0 Å². The lowest BCUT2D eigenvalue weighted by Gasteiger charge is -2.19. The van der Waals surface area contributed by atoms with Crippen LogP contribution in [0.2, 0.25) is 5.02 Å². The Labute approximate surface area is 116 Å². The van der Waals surface area contributed by atoms with Crippen molar-refractivity contribution in [3.8, 4) is 5.75 Å². The number of methoxy groups -OCH3 is 1. The average molecular weight is 281 g/mol. The molecule has 0 fully saturated rings. The van der Waals surface area contributed by atoms with E-state index in [0.717, 1.165) is 5.56 Å². The molecule has 1 heterocycles. The first-order chi connectivity index (χ1) is 9.17. The van der Waals surface area contributed by atoms with Crippen LogP contribution in [0.15, 0.2) is 36.7 Å². The first-order valence-electron chi connectivity index (χ1n) is 5.77. The average Bonchev–Trinajstić information content (AvgIpc) is 2.43. The summed E-state index contributed by atoms with van der Waals surface area (Å²) in [4.78, 5) is 3.93. The second kappa shape index (κ2) is 5.99. The third-order valence-electron chi connectivity index (χ3n) is 2.92. The van der Waals surface area contributed by atoms with Gasteiger partial charge in [0.1, 0.15) is 11.6 Å². The Morgan fingerprint density at radius 1 is 1.32 bits per heavy atom. The predicted molar refractivity (Wildman–Crippen MR) is 73.1 cm³/mol. The number of aromatic nitrogens is 1. The summed E-state index contributed by atoms with van der Waals surface area (Å²) in [6, 6.07) is 6.20. The number of hydrogen-bond acceptors (Lipinski definition) is 3. The first-order valence-corrected chi connectivity index (χ1v) is 6.15. The van der Waals surface area contributed by atoms with Gasteiger partial charge in [-0.15, -0.1) is 0 Å². The van der Waals surface area contributed by atoms with Gasteiger partial charge in [0.2, 0.25) is 0 Å². The highest BCUT2D eigenvalue weighted by atomic mass is 35.5. The van der Waals surface area contributed by atoms with Crippen molar-refractivity contribution in [1.29, 1.82) is 0 Å². The predicted octanol–water partition coefficient (Wildman–Crippen LogP) is 3.19. The number of ether oxygens (including phenoxy) is 1. The molecule has 1 aromatic heterocycles. The fourth-order valence-corrected chi connectivity index (χ4v) is 2.20. The second-order valence-corrected chi connectivity index (χ2v) is 4.41. The molecular weight excluding hydrogens is 267 g/mol. The molecule has 0 aliphatic rings. The Morgan fingerprint density at radius 2 is 2.11 bits per heavy atom. The molecule has 2 aromatic rings. The van der Waals surface area contributed by atoms with Crippen molar-refractivity contribution in [2.75, 3.05) is 14.2 Å². The normalized spacial score (nSPS) is 12.2. The summed E-state index contributed by atoms with van der Waals surface area (Å²) in [5.74, 6) is 0.142. The highest BCUT2D eigenvalue weighted by molar-refractivity contribution is 6.31. The lowest BCUT2D eigenvalue weighted by atomic mass is 9.99. The summed E-state index contributed by atoms with van der Waals surface area (Å²) in [5.41, 5.74) is 1.29. The molecule has 0 spiro atoms. The van der Waals surface area contributed by atoms with Crippen LogP contribution in [0, 0.1) is 5.82 Å². The lowest BCUT2D eigenvalue weighted by molar-refractivity contribution is 0.410. The number of nitrogens with one attached hydrogen (secondary N) is 1. The largest absolute Gasteiger partial charge is 0.497 e. The molecule has 19 heavy (non-hydrogen) atoms. The van der Waals surface area contributed by atoms with E-state index in [1.165, 1.54) is 13.2 Å². The van der Waals surface area contributed by atoms with E-state index in [-0.39, 0.29) is 11.9 Å². The van der Waals surface area contributed by atoms with Crippen LogP contribution in [-0.4, -0.2) is 19.1 Å². The van der Waals surface area contributed by atoms with Crippen molar-refractivity contribution in [2.45, 2.75) is 6.04 Å². The minimum atomic E-state index is -0.341. The zero-order chi connectivity index (χ0) is 13.8. The van der Waals surface area contributed by atoms with Gasteiger partial charge in [0.25, 0.3) is 0 Å². The SMILES string of the molecule is CNC(c1ccc(OC)cc1F)c1ccncc1Cl. The molecule has 100 valence electrons. The number of nitrogens with zero attached hydrogens (tertiary/aromatic N) is 1. The fraction of sp³-hybridized carbons (Fsp3) is 0.214. The Hall–Kier alpha value is -1.65. The molecule has 1 N–H and O–H groups in total. The van der Waals surface area contributed by atoms with Crippen molar-refractivity contribution >= 4 is 11.6 Å². The smallest absolute Gasteiger partial charge is 0.132 e. The van der Waals surface area contributed by atoms with E-state index in [0.29, 0.717) is 16.3 Å². The number of benzene rings is 1. The molecule has 3 nitrogen and oxygen atoms in total. The molecule has 0 saturated carbocycles. The van der Waals surface area contributed by atoms with Crippen molar-refractivity contribution in [3.63, 3.8) is 0 Å². The van der Waals surface area contributed by atoms with Gasteiger partial charge in [0.05, 0.1) is 18.2 Å². The molecule has 5 heteroatoms. The highest BCUT2D eigenvalue weighted by Crippen LogP contribution is 2.30. The van der Waals surface area contributed by atoms with Gasteiger partial charge in [0.15, 0.2) is 0 Å². The highest BCUT2D eigenvalue weighted by Gasteiger charge is 2.19. The molecule has 0 saturated heterocycles. The van der Waals surface area contributed by atoms with E-state index in [1.807, 2.05) is 0 Å². The molecule has 0 bridgehead atoms. The van der Waals surface area contributed by atoms with E-state index < -0.39 is 0 Å². The van der Waals surface area contributed by atoms with E-state index in [1.54, 1.807) is 37.6 Å². The monoisotopic (exact) mass is 280 g/mol. The summed E-state index contributed by atoms with van der Waals surface area (Å²) in [5, 5.41) is 3.56. The molecule has 0 aliphatic carbocycles. The zero-order valence-corrected chi connectivity index (χ0v) is 11.4. The number of halogens is 2. The number of hydrogen-bond donors (Lipinski definition) is 1. The van der Waals surface area contributed by atoms with Crippen molar-refractivity contribution < 1.29 is 9.13 Å². The van der Waals surface area contributed by atoms with Crippen LogP contribution in [0.4, 0.5) is 4.39 Å². The second-order valence-electron chi connectivity index (χ2n) is 4.01. The number of pyridine rings is 1. The van der Waals surface area contributed by atoms with Crippen LogP contribution < -0.4 is 10.1 Å². The molecule has 0 aliphatic heterocycles. The van der Waals surface area contributed by atoms with Gasteiger partial charge in [0, 0.05) is 24.0 Å². The van der Waals surface area contributed by atoms with E-state index in [2.05, 4.69) is 10.3 Å². The standard InChI is InChI=1S/C14H14ClFN2O/c1-17-14(10-5-6-18-8-12(10)15)11-4-3-9(19-2)7-13(11)16/h3-8,14,17H,1-2H3. The Kier molecular flexibility index (Phi) is 4.35. The van der Waals surface area contributed by atoms with Crippen molar-refractivity contribution in [3.05, 3.63) is 58.6 Å². The lowest BCUT2D eigenvalue weighted by Crippen LogP contribution is -2.19. The van der Waals surface area contributed by atoms with E-state index >= 15 is 0 Å². The maximum atomic E-state index is 14.1. The molecule has 0 radical (unpaired) electrons. The maximum absolute atomic E-state index is 14.1. The summed E-state index contributed by atoms with van der Waals surface area (Å²) in [7, 11) is 3.26.